The number of nitrogens with zero attached hydrogens (tertiary/aromatic N) is 2. The van der Waals surface area contributed by atoms with Gasteiger partial charge in [-0.15, -0.1) is 0 Å². The fraction of sp³-hybridized carbons (Fsp3) is 0.278. The highest BCUT2D eigenvalue weighted by atomic mass is 35.5. The maximum Gasteiger partial charge on any atom is 0.256 e. The van der Waals surface area contributed by atoms with Crippen LogP contribution in [0.15, 0.2) is 48.5 Å². The summed E-state index contributed by atoms with van der Waals surface area (Å²) < 4.78 is 13.9. The molecule has 1 heterocycles. The molecule has 0 radical (unpaired) electrons. The van der Waals surface area contributed by atoms with Gasteiger partial charge in [-0.05, 0) is 23.8 Å². The van der Waals surface area contributed by atoms with Crippen molar-refractivity contribution < 1.29 is 9.18 Å². The lowest BCUT2D eigenvalue weighted by Crippen LogP contribution is -2.48. The molecule has 23 heavy (non-hydrogen) atoms. The van der Waals surface area contributed by atoms with E-state index >= 15 is 0 Å². The summed E-state index contributed by atoms with van der Waals surface area (Å²) in [5.41, 5.74) is 1.35. The van der Waals surface area contributed by atoms with Crippen molar-refractivity contribution in [2.45, 2.75) is 6.54 Å². The van der Waals surface area contributed by atoms with E-state index in [1.807, 2.05) is 18.2 Å². The number of benzene rings is 2. The van der Waals surface area contributed by atoms with Crippen LogP contribution in [0.5, 0.6) is 0 Å². The number of hydrogen-bond acceptors (Lipinski definition) is 2. The van der Waals surface area contributed by atoms with E-state index in [1.54, 1.807) is 11.0 Å². The monoisotopic (exact) mass is 332 g/mol. The summed E-state index contributed by atoms with van der Waals surface area (Å²) in [7, 11) is 0. The van der Waals surface area contributed by atoms with Crippen LogP contribution in [0, 0.1) is 5.82 Å². The first-order valence-electron chi connectivity index (χ1n) is 7.64. The predicted molar refractivity (Wildman–Crippen MR) is 89.0 cm³/mol. The van der Waals surface area contributed by atoms with Gasteiger partial charge in [0.1, 0.15) is 5.82 Å². The first-order chi connectivity index (χ1) is 11.1. The number of amides is 1. The molecular formula is C18H18ClFN2O. The summed E-state index contributed by atoms with van der Waals surface area (Å²) in [6.07, 6.45) is 0. The van der Waals surface area contributed by atoms with Gasteiger partial charge >= 0.3 is 0 Å². The molecule has 1 aliphatic rings. The number of carbonyl (C=O) groups is 1. The van der Waals surface area contributed by atoms with E-state index in [4.69, 9.17) is 11.6 Å². The summed E-state index contributed by atoms with van der Waals surface area (Å²) in [6, 6.07) is 14.4. The van der Waals surface area contributed by atoms with Crippen LogP contribution >= 0.6 is 11.6 Å². The standard InChI is InChI=1S/C18H18ClFN2O/c19-15-6-7-16(17(20)12-15)18(23)22-10-8-21(9-11-22)13-14-4-2-1-3-5-14/h1-7,12H,8-11,13H2. The van der Waals surface area contributed by atoms with E-state index in [0.717, 1.165) is 19.6 Å². The molecule has 0 N–H and O–H groups in total. The molecular weight excluding hydrogens is 315 g/mol. The van der Waals surface area contributed by atoms with Gasteiger partial charge in [-0.2, -0.15) is 0 Å². The highest BCUT2D eigenvalue weighted by molar-refractivity contribution is 6.30. The Labute approximate surface area is 140 Å². The Morgan fingerprint density at radius 3 is 2.39 bits per heavy atom. The van der Waals surface area contributed by atoms with E-state index in [0.29, 0.717) is 18.1 Å². The molecule has 120 valence electrons. The number of halogens is 2. The van der Waals surface area contributed by atoms with Gasteiger partial charge in [-0.25, -0.2) is 4.39 Å². The van der Waals surface area contributed by atoms with Gasteiger partial charge in [0.2, 0.25) is 0 Å². The molecule has 1 aliphatic heterocycles. The molecule has 0 aromatic heterocycles. The van der Waals surface area contributed by atoms with Gasteiger partial charge in [0.25, 0.3) is 5.91 Å². The molecule has 0 saturated carbocycles. The lowest BCUT2D eigenvalue weighted by atomic mass is 10.1. The Morgan fingerprint density at radius 2 is 1.74 bits per heavy atom. The Balaban J connectivity index is 1.59. The van der Waals surface area contributed by atoms with E-state index < -0.39 is 5.82 Å². The van der Waals surface area contributed by atoms with Crippen molar-refractivity contribution in [2.24, 2.45) is 0 Å². The van der Waals surface area contributed by atoms with Gasteiger partial charge in [0.05, 0.1) is 5.56 Å². The first kappa shape index (κ1) is 16.0. The molecule has 1 fully saturated rings. The SMILES string of the molecule is O=C(c1ccc(Cl)cc1F)N1CCN(Cc2ccccc2)CC1. The lowest BCUT2D eigenvalue weighted by molar-refractivity contribution is 0.0624. The smallest absolute Gasteiger partial charge is 0.256 e. The fourth-order valence-electron chi connectivity index (χ4n) is 2.78. The second-order valence-electron chi connectivity index (χ2n) is 5.68. The largest absolute Gasteiger partial charge is 0.336 e. The van der Waals surface area contributed by atoms with Crippen LogP contribution in [0.4, 0.5) is 4.39 Å². The maximum absolute atomic E-state index is 13.9. The highest BCUT2D eigenvalue weighted by Gasteiger charge is 2.24. The maximum atomic E-state index is 13.9. The Morgan fingerprint density at radius 1 is 1.04 bits per heavy atom. The Kier molecular flexibility index (Phi) is 4.94. The molecule has 3 nitrogen and oxygen atoms in total. The van der Waals surface area contributed by atoms with Crippen molar-refractivity contribution in [3.05, 3.63) is 70.5 Å². The van der Waals surface area contributed by atoms with Crippen molar-refractivity contribution in [1.29, 1.82) is 0 Å². The third-order valence-electron chi connectivity index (χ3n) is 4.07. The number of piperazine rings is 1. The molecule has 0 atom stereocenters. The van der Waals surface area contributed by atoms with Crippen LogP contribution in [-0.4, -0.2) is 41.9 Å². The van der Waals surface area contributed by atoms with Gasteiger partial charge < -0.3 is 4.90 Å². The summed E-state index contributed by atoms with van der Waals surface area (Å²) >= 11 is 5.73. The average Bonchev–Trinajstić information content (AvgIpc) is 2.56. The number of rotatable bonds is 3. The molecule has 3 rings (SSSR count). The van der Waals surface area contributed by atoms with Gasteiger partial charge in [-0.3, -0.25) is 9.69 Å². The fourth-order valence-corrected chi connectivity index (χ4v) is 2.94. The molecule has 2 aromatic rings. The minimum absolute atomic E-state index is 0.0888. The molecule has 2 aromatic carbocycles. The van der Waals surface area contributed by atoms with E-state index in [9.17, 15) is 9.18 Å². The third kappa shape index (κ3) is 3.89. The van der Waals surface area contributed by atoms with E-state index in [1.165, 1.54) is 17.7 Å². The second kappa shape index (κ2) is 7.11. The summed E-state index contributed by atoms with van der Waals surface area (Å²) in [4.78, 5) is 16.4. The van der Waals surface area contributed by atoms with Crippen LogP contribution in [0.1, 0.15) is 15.9 Å². The molecule has 0 bridgehead atoms. The van der Waals surface area contributed by atoms with Crippen molar-refractivity contribution in [3.8, 4) is 0 Å². The van der Waals surface area contributed by atoms with E-state index in [2.05, 4.69) is 17.0 Å². The zero-order chi connectivity index (χ0) is 16.2. The Hall–Kier alpha value is -1.91. The van der Waals surface area contributed by atoms with Gasteiger partial charge in [0, 0.05) is 37.7 Å². The van der Waals surface area contributed by atoms with E-state index in [-0.39, 0.29) is 11.5 Å². The number of carbonyl (C=O) groups excluding carboxylic acids is 1. The molecule has 0 unspecified atom stereocenters. The minimum atomic E-state index is -0.561. The molecule has 0 spiro atoms. The Bertz CT molecular complexity index is 685. The zero-order valence-electron chi connectivity index (χ0n) is 12.7. The minimum Gasteiger partial charge on any atom is -0.336 e. The summed E-state index contributed by atoms with van der Waals surface area (Å²) in [6.45, 7) is 3.66. The lowest BCUT2D eigenvalue weighted by Gasteiger charge is -2.34. The van der Waals surface area contributed by atoms with Crippen molar-refractivity contribution in [1.82, 2.24) is 9.80 Å². The van der Waals surface area contributed by atoms with Gasteiger partial charge in [-0.1, -0.05) is 41.9 Å². The van der Waals surface area contributed by atoms with Crippen molar-refractivity contribution >= 4 is 17.5 Å². The normalized spacial score (nSPS) is 15.7. The molecule has 1 amide bonds. The van der Waals surface area contributed by atoms with Gasteiger partial charge in [0.15, 0.2) is 0 Å². The molecule has 1 saturated heterocycles. The second-order valence-corrected chi connectivity index (χ2v) is 6.11. The molecule has 5 heteroatoms. The topological polar surface area (TPSA) is 23.6 Å². The quantitative estimate of drug-likeness (QED) is 0.859. The van der Waals surface area contributed by atoms with Crippen molar-refractivity contribution in [2.75, 3.05) is 26.2 Å². The van der Waals surface area contributed by atoms with Crippen molar-refractivity contribution in [3.63, 3.8) is 0 Å². The number of hydrogen-bond donors (Lipinski definition) is 0. The zero-order valence-corrected chi connectivity index (χ0v) is 13.5. The van der Waals surface area contributed by atoms with Crippen LogP contribution in [0.25, 0.3) is 0 Å². The van der Waals surface area contributed by atoms with Crippen LogP contribution in [-0.2, 0) is 6.54 Å². The van der Waals surface area contributed by atoms with Crippen LogP contribution in [0.2, 0.25) is 5.02 Å². The van der Waals surface area contributed by atoms with Crippen LogP contribution < -0.4 is 0 Å². The predicted octanol–water partition coefficient (Wildman–Crippen LogP) is 3.44. The average molecular weight is 333 g/mol. The van der Waals surface area contributed by atoms with Crippen LogP contribution in [0.3, 0.4) is 0 Å². The summed E-state index contributed by atoms with van der Waals surface area (Å²) in [5, 5.41) is 0.298. The molecule has 0 aliphatic carbocycles. The summed E-state index contributed by atoms with van der Waals surface area (Å²) in [5.74, 6) is -0.826. The first-order valence-corrected chi connectivity index (χ1v) is 8.02. The third-order valence-corrected chi connectivity index (χ3v) is 4.31. The highest BCUT2D eigenvalue weighted by Crippen LogP contribution is 2.17.